The molecular weight excluding hydrogens is 268 g/mol. The van der Waals surface area contributed by atoms with E-state index in [4.69, 9.17) is 0 Å². The van der Waals surface area contributed by atoms with Crippen molar-refractivity contribution in [2.24, 2.45) is 0 Å². The smallest absolute Gasteiger partial charge is 0.222 e. The Morgan fingerprint density at radius 2 is 2.10 bits per heavy atom. The molecule has 0 fully saturated rings. The van der Waals surface area contributed by atoms with E-state index in [-0.39, 0.29) is 5.91 Å². The molecule has 0 spiro atoms. The summed E-state index contributed by atoms with van der Waals surface area (Å²) in [6, 6.07) is 7.15. The van der Waals surface area contributed by atoms with Crippen LogP contribution < -0.4 is 5.32 Å². The van der Waals surface area contributed by atoms with E-state index >= 15 is 0 Å². The fourth-order valence-corrected chi connectivity index (χ4v) is 1.81. The number of nitrogens with one attached hydrogen (secondary N) is 1. The third-order valence-corrected chi connectivity index (χ3v) is 2.70. The van der Waals surface area contributed by atoms with Gasteiger partial charge in [0.15, 0.2) is 11.6 Å². The monoisotopic (exact) mass is 280 g/mol. The van der Waals surface area contributed by atoms with E-state index in [0.717, 1.165) is 5.56 Å². The van der Waals surface area contributed by atoms with Gasteiger partial charge in [-0.1, -0.05) is 0 Å². The van der Waals surface area contributed by atoms with Crippen molar-refractivity contribution < 1.29 is 4.79 Å². The van der Waals surface area contributed by atoms with Crippen molar-refractivity contribution >= 4 is 11.7 Å². The molecule has 21 heavy (non-hydrogen) atoms. The Bertz CT molecular complexity index is 751. The van der Waals surface area contributed by atoms with Crippen LogP contribution in [0.2, 0.25) is 0 Å². The fraction of sp³-hybridized carbons (Fsp3) is 0.0714. The SMILES string of the molecule is CC(=O)Nc1ccnc(-c2ccc(-n3cccn3)nc2)n1. The number of carbonyl (C=O) groups excluding carboxylic acids is 1. The highest BCUT2D eigenvalue weighted by Crippen LogP contribution is 2.16. The molecule has 3 rings (SSSR count). The molecule has 0 saturated heterocycles. The lowest BCUT2D eigenvalue weighted by molar-refractivity contribution is -0.114. The minimum Gasteiger partial charge on any atom is -0.311 e. The molecule has 0 bridgehead atoms. The maximum atomic E-state index is 11.0. The Morgan fingerprint density at radius 3 is 2.76 bits per heavy atom. The minimum atomic E-state index is -0.174. The molecule has 1 N–H and O–H groups in total. The van der Waals surface area contributed by atoms with Crippen molar-refractivity contribution in [3.63, 3.8) is 0 Å². The number of hydrogen-bond acceptors (Lipinski definition) is 5. The molecule has 7 heteroatoms. The molecule has 104 valence electrons. The van der Waals surface area contributed by atoms with Crippen LogP contribution in [0.1, 0.15) is 6.92 Å². The van der Waals surface area contributed by atoms with Crippen LogP contribution in [0.5, 0.6) is 0 Å². The standard InChI is InChI=1S/C14H12N6O/c1-10(21)18-12-5-7-15-14(19-12)11-3-4-13(16-9-11)20-8-2-6-17-20/h2-9H,1H3,(H,15,18,19,21). The summed E-state index contributed by atoms with van der Waals surface area (Å²) in [5, 5.41) is 6.74. The molecule has 0 radical (unpaired) electrons. The Labute approximate surface area is 120 Å². The molecule has 0 saturated carbocycles. The van der Waals surface area contributed by atoms with Gasteiger partial charge in [-0.2, -0.15) is 5.10 Å². The second kappa shape index (κ2) is 5.49. The molecular formula is C14H12N6O. The first kappa shape index (κ1) is 12.9. The lowest BCUT2D eigenvalue weighted by Crippen LogP contribution is -2.08. The highest BCUT2D eigenvalue weighted by Gasteiger charge is 2.05. The van der Waals surface area contributed by atoms with E-state index in [9.17, 15) is 4.79 Å². The predicted octanol–water partition coefficient (Wildman–Crippen LogP) is 1.68. The highest BCUT2D eigenvalue weighted by molar-refractivity contribution is 5.87. The minimum absolute atomic E-state index is 0.174. The van der Waals surface area contributed by atoms with Gasteiger partial charge in [0.1, 0.15) is 5.82 Å². The van der Waals surface area contributed by atoms with Gasteiger partial charge in [-0.25, -0.2) is 19.6 Å². The number of carbonyl (C=O) groups is 1. The number of rotatable bonds is 3. The maximum absolute atomic E-state index is 11.0. The lowest BCUT2D eigenvalue weighted by Gasteiger charge is -2.05. The van der Waals surface area contributed by atoms with Crippen LogP contribution >= 0.6 is 0 Å². The number of hydrogen-bond donors (Lipinski definition) is 1. The van der Waals surface area contributed by atoms with E-state index in [1.165, 1.54) is 6.92 Å². The molecule has 0 atom stereocenters. The van der Waals surface area contributed by atoms with Gasteiger partial charge in [-0.05, 0) is 24.3 Å². The number of pyridine rings is 1. The number of nitrogens with zero attached hydrogens (tertiary/aromatic N) is 5. The average Bonchev–Trinajstić information content (AvgIpc) is 3.01. The maximum Gasteiger partial charge on any atom is 0.222 e. The van der Waals surface area contributed by atoms with Gasteiger partial charge in [0, 0.05) is 37.3 Å². The Kier molecular flexibility index (Phi) is 3.38. The topological polar surface area (TPSA) is 85.6 Å². The van der Waals surface area contributed by atoms with Crippen molar-refractivity contribution in [3.8, 4) is 17.2 Å². The Morgan fingerprint density at radius 1 is 1.19 bits per heavy atom. The predicted molar refractivity (Wildman–Crippen MR) is 76.7 cm³/mol. The van der Waals surface area contributed by atoms with Crippen molar-refractivity contribution in [2.45, 2.75) is 6.92 Å². The van der Waals surface area contributed by atoms with Crippen molar-refractivity contribution in [2.75, 3.05) is 5.32 Å². The summed E-state index contributed by atoms with van der Waals surface area (Å²) in [6.07, 6.45) is 6.77. The molecule has 0 unspecified atom stereocenters. The van der Waals surface area contributed by atoms with Gasteiger partial charge in [0.05, 0.1) is 0 Å². The summed E-state index contributed by atoms with van der Waals surface area (Å²) in [5.74, 6) is 1.50. The first-order valence-electron chi connectivity index (χ1n) is 6.29. The normalized spacial score (nSPS) is 10.3. The lowest BCUT2D eigenvalue weighted by atomic mass is 10.2. The Balaban J connectivity index is 1.88. The summed E-state index contributed by atoms with van der Waals surface area (Å²) in [5.41, 5.74) is 0.762. The largest absolute Gasteiger partial charge is 0.311 e. The zero-order valence-corrected chi connectivity index (χ0v) is 11.3. The summed E-state index contributed by atoms with van der Waals surface area (Å²) in [4.78, 5) is 23.8. The second-order valence-electron chi connectivity index (χ2n) is 4.30. The summed E-state index contributed by atoms with van der Waals surface area (Å²) >= 11 is 0. The van der Waals surface area contributed by atoms with Gasteiger partial charge in [0.25, 0.3) is 0 Å². The van der Waals surface area contributed by atoms with Crippen LogP contribution in [0.3, 0.4) is 0 Å². The fourth-order valence-electron chi connectivity index (χ4n) is 1.81. The van der Waals surface area contributed by atoms with Gasteiger partial charge >= 0.3 is 0 Å². The van der Waals surface area contributed by atoms with E-state index in [2.05, 4.69) is 25.4 Å². The molecule has 0 aromatic carbocycles. The summed E-state index contributed by atoms with van der Waals surface area (Å²) in [7, 11) is 0. The highest BCUT2D eigenvalue weighted by atomic mass is 16.1. The zero-order chi connectivity index (χ0) is 14.7. The van der Waals surface area contributed by atoms with Crippen LogP contribution in [0.15, 0.2) is 49.1 Å². The third kappa shape index (κ3) is 2.92. The van der Waals surface area contributed by atoms with Gasteiger partial charge in [-0.15, -0.1) is 0 Å². The molecule has 1 amide bonds. The van der Waals surface area contributed by atoms with Crippen molar-refractivity contribution in [1.82, 2.24) is 24.7 Å². The van der Waals surface area contributed by atoms with Gasteiger partial charge in [0.2, 0.25) is 5.91 Å². The first-order chi connectivity index (χ1) is 10.2. The van der Waals surface area contributed by atoms with Gasteiger partial charge in [-0.3, -0.25) is 4.79 Å². The molecule has 0 aliphatic carbocycles. The zero-order valence-electron chi connectivity index (χ0n) is 11.3. The Hall–Kier alpha value is -3.09. The van der Waals surface area contributed by atoms with Crippen LogP contribution in [0.25, 0.3) is 17.2 Å². The summed E-state index contributed by atoms with van der Waals surface area (Å²) < 4.78 is 1.67. The molecule has 3 aromatic rings. The second-order valence-corrected chi connectivity index (χ2v) is 4.30. The van der Waals surface area contributed by atoms with Crippen LogP contribution in [0, 0.1) is 0 Å². The van der Waals surface area contributed by atoms with E-state index < -0.39 is 0 Å². The summed E-state index contributed by atoms with van der Waals surface area (Å²) in [6.45, 7) is 1.43. The molecule has 3 aromatic heterocycles. The number of aromatic nitrogens is 5. The van der Waals surface area contributed by atoms with Crippen LogP contribution in [0.4, 0.5) is 5.82 Å². The van der Waals surface area contributed by atoms with E-state index in [1.54, 1.807) is 29.3 Å². The van der Waals surface area contributed by atoms with E-state index in [0.29, 0.717) is 17.5 Å². The third-order valence-electron chi connectivity index (χ3n) is 2.70. The quantitative estimate of drug-likeness (QED) is 0.789. The molecule has 0 aliphatic heterocycles. The van der Waals surface area contributed by atoms with Crippen LogP contribution in [-0.2, 0) is 4.79 Å². The number of amides is 1. The van der Waals surface area contributed by atoms with E-state index in [1.807, 2.05) is 24.4 Å². The average molecular weight is 280 g/mol. The van der Waals surface area contributed by atoms with Crippen LogP contribution in [-0.4, -0.2) is 30.6 Å². The molecule has 7 nitrogen and oxygen atoms in total. The first-order valence-corrected chi connectivity index (χ1v) is 6.29. The number of anilines is 1. The molecule has 0 aliphatic rings. The van der Waals surface area contributed by atoms with Crippen molar-refractivity contribution in [3.05, 3.63) is 49.1 Å². The molecule has 3 heterocycles. The van der Waals surface area contributed by atoms with Crippen molar-refractivity contribution in [1.29, 1.82) is 0 Å². The van der Waals surface area contributed by atoms with Gasteiger partial charge < -0.3 is 5.32 Å².